The molecule has 0 bridgehead atoms. The monoisotopic (exact) mass is 1080 g/mol. The quantitative estimate of drug-likeness (QED) is 0.0187. The Morgan fingerprint density at radius 1 is 0.696 bits per heavy atom. The fraction of sp³-hybridized carbons (Fsp3) is 0.172. The minimum absolute atomic E-state index is 0.0215. The van der Waals surface area contributed by atoms with E-state index in [9.17, 15) is 14.4 Å². The Morgan fingerprint density at radius 2 is 1.22 bits per heavy atom. The summed E-state index contributed by atoms with van der Waals surface area (Å²) in [6, 6.07) is 61.8. The fourth-order valence-electron chi connectivity index (χ4n) is 9.81. The second-order valence-corrected chi connectivity index (χ2v) is 21.2. The average molecular weight is 1090 g/mol. The number of pyridine rings is 1. The third-order valence-corrected chi connectivity index (χ3v) is 15.5. The molecule has 2 N–H and O–H groups in total. The summed E-state index contributed by atoms with van der Waals surface area (Å²) in [6.07, 6.45) is 5.73. The lowest BCUT2D eigenvalue weighted by atomic mass is 9.77. The van der Waals surface area contributed by atoms with Crippen molar-refractivity contribution in [2.24, 2.45) is 11.1 Å². The minimum atomic E-state index is -1.39. The number of amides is 2. The van der Waals surface area contributed by atoms with Crippen LogP contribution < -0.4 is 10.6 Å². The molecular weight excluding hydrogens is 1030 g/mol. The molecule has 396 valence electrons. The maximum Gasteiger partial charge on any atom is 0.358 e. The number of benzene rings is 6. The van der Waals surface area contributed by atoms with Gasteiger partial charge in [0, 0.05) is 53.6 Å². The highest BCUT2D eigenvalue weighted by atomic mass is 32.2. The van der Waals surface area contributed by atoms with Crippen LogP contribution in [-0.4, -0.2) is 67.8 Å². The van der Waals surface area contributed by atoms with Gasteiger partial charge >= 0.3 is 11.9 Å². The van der Waals surface area contributed by atoms with E-state index in [4.69, 9.17) is 24.5 Å². The van der Waals surface area contributed by atoms with E-state index in [1.165, 1.54) is 34.9 Å². The second-order valence-electron chi connectivity index (χ2n) is 19.2. The molecule has 3 atom stereocenters. The number of thioether (sulfide) groups is 1. The van der Waals surface area contributed by atoms with Crippen LogP contribution in [0.3, 0.4) is 0 Å². The van der Waals surface area contributed by atoms with Gasteiger partial charge in [0.05, 0.1) is 0 Å². The maximum absolute atomic E-state index is 15.4. The predicted molar refractivity (Wildman–Crippen MR) is 308 cm³/mol. The van der Waals surface area contributed by atoms with Gasteiger partial charge in [-0.15, -0.1) is 23.1 Å². The minimum Gasteiger partial charge on any atom is -0.425 e. The number of hydrogen-bond donors (Lipinski definition) is 2. The highest BCUT2D eigenvalue weighted by Crippen LogP contribution is 2.44. The van der Waals surface area contributed by atoms with Crippen LogP contribution in [-0.2, 0) is 44.6 Å². The van der Waals surface area contributed by atoms with Crippen LogP contribution in [0.1, 0.15) is 71.8 Å². The van der Waals surface area contributed by atoms with Crippen LogP contribution >= 0.6 is 23.1 Å². The van der Waals surface area contributed by atoms with Crippen molar-refractivity contribution < 1.29 is 33.5 Å². The van der Waals surface area contributed by atoms with Gasteiger partial charge in [0.25, 0.3) is 11.8 Å². The van der Waals surface area contributed by atoms with Gasteiger partial charge < -0.3 is 24.9 Å². The summed E-state index contributed by atoms with van der Waals surface area (Å²) in [5.74, 6) is -2.43. The lowest BCUT2D eigenvalue weighted by Crippen LogP contribution is -2.71. The lowest BCUT2D eigenvalue weighted by Gasteiger charge is -2.49. The maximum atomic E-state index is 15.4. The average Bonchev–Trinajstić information content (AvgIpc) is 4.03. The summed E-state index contributed by atoms with van der Waals surface area (Å²) < 4.78 is 11.1. The van der Waals surface area contributed by atoms with Crippen LogP contribution in [0.4, 0.5) is 5.13 Å². The standard InChI is InChI=1S/C64H56N6O7S2/c1-43(2)39-54(71)75-44(3)76-61(74)57-46(37-36-45-23-22-38-65-40-45)41-78-60-56(59(73)70(57)60)67-58(72)55(69-77-64(50-30-16-7-17-31-50,51-32-18-8-19-33-51)52-34-20-9-21-35-52)53-42-79-62(66-53)68-63(47-24-10-4-11-25-47,48-26-12-5-13-27-48)49-28-14-6-15-29-49/h4-38,40,42-44,56,60H,39,41H2,1-3H3,(H,66,68)(H,67,72)/b37-36-,69-55?/t44?,56-,60-/m1/s1. The van der Waals surface area contributed by atoms with Crippen molar-refractivity contribution in [1.82, 2.24) is 20.2 Å². The molecule has 10 rings (SSSR count). The fourth-order valence-corrected chi connectivity index (χ4v) is 11.9. The van der Waals surface area contributed by atoms with Crippen molar-refractivity contribution in [3.63, 3.8) is 0 Å². The van der Waals surface area contributed by atoms with Crippen molar-refractivity contribution in [2.75, 3.05) is 11.1 Å². The molecule has 1 saturated heterocycles. The van der Waals surface area contributed by atoms with Crippen molar-refractivity contribution in [2.45, 2.75) is 56.0 Å². The van der Waals surface area contributed by atoms with E-state index in [1.54, 1.807) is 36.0 Å². The van der Waals surface area contributed by atoms with Gasteiger partial charge in [-0.3, -0.25) is 24.3 Å². The van der Waals surface area contributed by atoms with Crippen LogP contribution in [0.5, 0.6) is 0 Å². The van der Waals surface area contributed by atoms with Gasteiger partial charge in [-0.2, -0.15) is 0 Å². The molecule has 0 spiro atoms. The molecule has 6 aromatic carbocycles. The first-order valence-corrected chi connectivity index (χ1v) is 27.8. The molecule has 15 heteroatoms. The second kappa shape index (κ2) is 24.2. The Balaban J connectivity index is 1.04. The van der Waals surface area contributed by atoms with Gasteiger partial charge in [-0.25, -0.2) is 9.78 Å². The molecule has 0 saturated carbocycles. The first kappa shape index (κ1) is 53.5. The molecular formula is C64H56N6O7S2. The Bertz CT molecular complexity index is 3300. The molecule has 13 nitrogen and oxygen atoms in total. The number of thiazole rings is 1. The number of oxime groups is 1. The van der Waals surface area contributed by atoms with E-state index in [-0.39, 0.29) is 35.2 Å². The van der Waals surface area contributed by atoms with Gasteiger partial charge in [0.1, 0.15) is 28.3 Å². The molecule has 2 amide bonds. The first-order chi connectivity index (χ1) is 38.5. The number of fused-ring (bicyclic) bond motifs is 1. The highest BCUT2D eigenvalue weighted by molar-refractivity contribution is 8.00. The summed E-state index contributed by atoms with van der Waals surface area (Å²) in [4.78, 5) is 74.6. The number of carbonyl (C=O) groups is 4. The lowest BCUT2D eigenvalue weighted by molar-refractivity contribution is -0.184. The molecule has 2 aromatic heterocycles. The number of nitrogens with zero attached hydrogens (tertiary/aromatic N) is 4. The Morgan fingerprint density at radius 3 is 1.71 bits per heavy atom. The molecule has 1 unspecified atom stereocenters. The summed E-state index contributed by atoms with van der Waals surface area (Å²) >= 11 is 2.65. The van der Waals surface area contributed by atoms with Gasteiger partial charge in [-0.1, -0.05) is 219 Å². The number of nitrogens with one attached hydrogen (secondary N) is 2. The number of hydrogen-bond acceptors (Lipinski definition) is 13. The Kier molecular flexibility index (Phi) is 16.4. The van der Waals surface area contributed by atoms with E-state index in [1.807, 2.05) is 166 Å². The van der Waals surface area contributed by atoms with Gasteiger partial charge in [-0.05, 0) is 39.8 Å². The molecule has 4 heterocycles. The van der Waals surface area contributed by atoms with Crippen molar-refractivity contribution in [3.8, 4) is 0 Å². The predicted octanol–water partition coefficient (Wildman–Crippen LogP) is 11.5. The number of rotatable bonds is 20. The summed E-state index contributed by atoms with van der Waals surface area (Å²) in [7, 11) is 0. The number of ether oxygens (including phenoxy) is 2. The molecule has 79 heavy (non-hydrogen) atoms. The summed E-state index contributed by atoms with van der Waals surface area (Å²) in [5.41, 5.74) is 3.90. The van der Waals surface area contributed by atoms with Crippen molar-refractivity contribution in [1.29, 1.82) is 0 Å². The molecule has 0 aliphatic carbocycles. The van der Waals surface area contributed by atoms with E-state index >= 15 is 4.79 Å². The first-order valence-electron chi connectivity index (χ1n) is 25.9. The summed E-state index contributed by atoms with van der Waals surface area (Å²) in [6.45, 7) is 5.21. The topological polar surface area (TPSA) is 161 Å². The SMILES string of the molecule is CC(C)CC(=O)OC(C)OC(=O)C1=C(/C=C\c2cccnc2)CS[C@@H]2[C@H](NC(=O)C(=NOC(c3ccccc3)(c3ccccc3)c3ccccc3)c3csc(NC(c4ccccc4)(c4ccccc4)c4ccccc4)n3)C(=O)N12. The largest absolute Gasteiger partial charge is 0.425 e. The Labute approximate surface area is 467 Å². The Hall–Kier alpha value is -8.92. The number of anilines is 1. The van der Waals surface area contributed by atoms with Crippen molar-refractivity contribution >= 4 is 63.8 Å². The molecule has 2 aliphatic heterocycles. The van der Waals surface area contributed by atoms with Crippen LogP contribution in [0.25, 0.3) is 6.08 Å². The zero-order valence-corrected chi connectivity index (χ0v) is 45.2. The number of esters is 2. The normalized spacial score (nSPS) is 15.9. The molecule has 2 aliphatic rings. The highest BCUT2D eigenvalue weighted by Gasteiger charge is 2.55. The third kappa shape index (κ3) is 11.4. The van der Waals surface area contributed by atoms with E-state index in [0.29, 0.717) is 10.7 Å². The molecule has 8 aromatic rings. The van der Waals surface area contributed by atoms with Gasteiger partial charge in [0.15, 0.2) is 10.8 Å². The van der Waals surface area contributed by atoms with Crippen molar-refractivity contribution in [3.05, 3.63) is 274 Å². The van der Waals surface area contributed by atoms with Gasteiger partial charge in [0.2, 0.25) is 11.9 Å². The molecule has 0 radical (unpaired) electrons. The number of carbonyl (C=O) groups excluding carboxylic acids is 4. The van der Waals surface area contributed by atoms with Crippen LogP contribution in [0.15, 0.2) is 234 Å². The number of allylic oxidation sites excluding steroid dienone is 1. The molecule has 1 fully saturated rings. The zero-order valence-electron chi connectivity index (χ0n) is 43.5. The van der Waals surface area contributed by atoms with Crippen LogP contribution in [0.2, 0.25) is 0 Å². The smallest absolute Gasteiger partial charge is 0.358 e. The van der Waals surface area contributed by atoms with E-state index in [0.717, 1.165) is 38.9 Å². The summed E-state index contributed by atoms with van der Waals surface area (Å²) in [5, 5.41) is 13.1. The van der Waals surface area contributed by atoms with Crippen LogP contribution in [0, 0.1) is 5.92 Å². The third-order valence-electron chi connectivity index (χ3n) is 13.5. The number of aromatic nitrogens is 2. The van der Waals surface area contributed by atoms with E-state index < -0.39 is 52.6 Å². The van der Waals surface area contributed by atoms with E-state index in [2.05, 4.69) is 52.0 Å². The zero-order chi connectivity index (χ0) is 54.8. The number of β-lactam (4-membered cyclic amide) rings is 1.